The summed E-state index contributed by atoms with van der Waals surface area (Å²) in [5.41, 5.74) is 0. The largest absolute Gasteiger partial charge is 0.315 e. The maximum atomic E-state index is 5.58. The van der Waals surface area contributed by atoms with Gasteiger partial charge in [0.1, 0.15) is 0 Å². The molecule has 1 unspecified atom stereocenters. The zero-order valence-corrected chi connectivity index (χ0v) is 10.0. The van der Waals surface area contributed by atoms with Gasteiger partial charge >= 0.3 is 0 Å². The van der Waals surface area contributed by atoms with Gasteiger partial charge in [0.2, 0.25) is 0 Å². The summed E-state index contributed by atoms with van der Waals surface area (Å²) < 4.78 is 0. The van der Waals surface area contributed by atoms with E-state index in [2.05, 4.69) is 17.1 Å². The Bertz CT molecular complexity index is 141. The lowest BCUT2D eigenvalue weighted by atomic mass is 10.0. The minimum atomic E-state index is 0.722. The van der Waals surface area contributed by atoms with Crippen molar-refractivity contribution in [2.75, 3.05) is 32.1 Å². The zero-order valence-electron chi connectivity index (χ0n) is 9.27. The predicted molar refractivity (Wildman–Crippen MR) is 63.1 cm³/mol. The first-order chi connectivity index (χ1) is 6.84. The van der Waals surface area contributed by atoms with Gasteiger partial charge in [-0.05, 0) is 45.8 Å². The minimum Gasteiger partial charge on any atom is -0.315 e. The van der Waals surface area contributed by atoms with Crippen LogP contribution < -0.4 is 5.32 Å². The molecule has 0 aromatic heterocycles. The first-order valence-corrected chi connectivity index (χ1v) is 6.39. The first kappa shape index (κ1) is 12.3. The molecule has 2 nitrogen and oxygen atoms in total. The number of piperidine rings is 1. The van der Waals surface area contributed by atoms with Crippen LogP contribution in [-0.4, -0.2) is 43.0 Å². The number of nitrogens with zero attached hydrogens (tertiary/aromatic N) is 1. The van der Waals surface area contributed by atoms with E-state index in [1.54, 1.807) is 0 Å². The Labute approximate surface area is 93.0 Å². The Morgan fingerprint density at radius 1 is 1.36 bits per heavy atom. The SMILES string of the molecule is CC1CCCCN1CCCNCCCl. The molecule has 1 fully saturated rings. The molecule has 1 aliphatic heterocycles. The Balaban J connectivity index is 1.99. The van der Waals surface area contributed by atoms with Crippen LogP contribution in [-0.2, 0) is 0 Å². The van der Waals surface area contributed by atoms with Crippen molar-refractivity contribution >= 4 is 11.6 Å². The van der Waals surface area contributed by atoms with Crippen LogP contribution in [0.25, 0.3) is 0 Å². The molecule has 1 aliphatic rings. The number of halogens is 1. The van der Waals surface area contributed by atoms with Gasteiger partial charge in [-0.3, -0.25) is 0 Å². The smallest absolute Gasteiger partial charge is 0.0348 e. The highest BCUT2D eigenvalue weighted by Gasteiger charge is 2.16. The van der Waals surface area contributed by atoms with Crippen molar-refractivity contribution in [1.29, 1.82) is 0 Å². The molecule has 1 N–H and O–H groups in total. The van der Waals surface area contributed by atoms with Gasteiger partial charge in [-0.1, -0.05) is 6.42 Å². The molecule has 0 saturated carbocycles. The van der Waals surface area contributed by atoms with E-state index >= 15 is 0 Å². The molecule has 0 radical (unpaired) electrons. The third-order valence-electron chi connectivity index (χ3n) is 3.01. The van der Waals surface area contributed by atoms with Gasteiger partial charge in [-0.25, -0.2) is 0 Å². The molecule has 0 aromatic rings. The molecule has 0 amide bonds. The molecule has 3 heteroatoms. The Hall–Kier alpha value is 0.210. The standard InChI is InChI=1S/C11H23ClN2/c1-11-5-2-3-9-14(11)10-4-7-13-8-6-12/h11,13H,2-10H2,1H3. The fourth-order valence-corrected chi connectivity index (χ4v) is 2.22. The van der Waals surface area contributed by atoms with Crippen LogP contribution in [0.4, 0.5) is 0 Å². The van der Waals surface area contributed by atoms with Crippen molar-refractivity contribution in [3.63, 3.8) is 0 Å². The topological polar surface area (TPSA) is 15.3 Å². The highest BCUT2D eigenvalue weighted by atomic mass is 35.5. The summed E-state index contributed by atoms with van der Waals surface area (Å²) in [6.45, 7) is 6.95. The summed E-state index contributed by atoms with van der Waals surface area (Å²) >= 11 is 5.58. The van der Waals surface area contributed by atoms with Gasteiger partial charge in [0.15, 0.2) is 0 Å². The van der Waals surface area contributed by atoms with Gasteiger partial charge in [0.05, 0.1) is 0 Å². The fourth-order valence-electron chi connectivity index (χ4n) is 2.09. The van der Waals surface area contributed by atoms with Crippen LogP contribution in [0.15, 0.2) is 0 Å². The van der Waals surface area contributed by atoms with Crippen molar-refractivity contribution in [1.82, 2.24) is 10.2 Å². The normalized spacial score (nSPS) is 24.0. The Morgan fingerprint density at radius 2 is 2.21 bits per heavy atom. The summed E-state index contributed by atoms with van der Waals surface area (Å²) in [6.07, 6.45) is 5.44. The predicted octanol–water partition coefficient (Wildman–Crippen LogP) is 2.08. The van der Waals surface area contributed by atoms with E-state index < -0.39 is 0 Å². The second-order valence-corrected chi connectivity index (χ2v) is 4.55. The molecule has 0 aromatic carbocycles. The molecule has 14 heavy (non-hydrogen) atoms. The summed E-state index contributed by atoms with van der Waals surface area (Å²) in [4.78, 5) is 2.62. The van der Waals surface area contributed by atoms with Gasteiger partial charge in [0, 0.05) is 18.5 Å². The second-order valence-electron chi connectivity index (χ2n) is 4.17. The third kappa shape index (κ3) is 4.63. The molecule has 1 heterocycles. The van der Waals surface area contributed by atoms with Crippen LogP contribution in [0.5, 0.6) is 0 Å². The highest BCUT2D eigenvalue weighted by molar-refractivity contribution is 6.18. The van der Waals surface area contributed by atoms with E-state index in [1.807, 2.05) is 0 Å². The van der Waals surface area contributed by atoms with Crippen molar-refractivity contribution in [2.45, 2.75) is 38.6 Å². The lowest BCUT2D eigenvalue weighted by Gasteiger charge is -2.33. The number of alkyl halides is 1. The van der Waals surface area contributed by atoms with Crippen molar-refractivity contribution < 1.29 is 0 Å². The van der Waals surface area contributed by atoms with E-state index in [-0.39, 0.29) is 0 Å². The van der Waals surface area contributed by atoms with E-state index in [1.165, 1.54) is 38.8 Å². The number of nitrogens with one attached hydrogen (secondary N) is 1. The number of likely N-dealkylation sites (tertiary alicyclic amines) is 1. The maximum Gasteiger partial charge on any atom is 0.0348 e. The molecular formula is C11H23ClN2. The maximum absolute atomic E-state index is 5.58. The average Bonchev–Trinajstić information content (AvgIpc) is 2.20. The summed E-state index contributed by atoms with van der Waals surface area (Å²) in [5.74, 6) is 0.722. The molecule has 1 saturated heterocycles. The third-order valence-corrected chi connectivity index (χ3v) is 3.20. The monoisotopic (exact) mass is 218 g/mol. The van der Waals surface area contributed by atoms with E-state index in [4.69, 9.17) is 11.6 Å². The Kier molecular flexibility index (Phi) is 6.57. The molecular weight excluding hydrogens is 196 g/mol. The second kappa shape index (κ2) is 7.49. The lowest BCUT2D eigenvalue weighted by Crippen LogP contribution is -2.39. The molecule has 1 rings (SSSR count). The van der Waals surface area contributed by atoms with Crippen LogP contribution >= 0.6 is 11.6 Å². The molecule has 84 valence electrons. The van der Waals surface area contributed by atoms with Crippen molar-refractivity contribution in [3.8, 4) is 0 Å². The molecule has 1 atom stereocenters. The summed E-state index contributed by atoms with van der Waals surface area (Å²) in [6, 6.07) is 0.803. The molecule has 0 bridgehead atoms. The van der Waals surface area contributed by atoms with Crippen molar-refractivity contribution in [2.24, 2.45) is 0 Å². The van der Waals surface area contributed by atoms with E-state index in [9.17, 15) is 0 Å². The van der Waals surface area contributed by atoms with Gasteiger partial charge in [0.25, 0.3) is 0 Å². The van der Waals surface area contributed by atoms with E-state index in [0.717, 1.165) is 25.0 Å². The average molecular weight is 219 g/mol. The van der Waals surface area contributed by atoms with Gasteiger partial charge < -0.3 is 10.2 Å². The molecule has 0 spiro atoms. The minimum absolute atomic E-state index is 0.722. The van der Waals surface area contributed by atoms with E-state index in [0.29, 0.717) is 0 Å². The fraction of sp³-hybridized carbons (Fsp3) is 1.00. The van der Waals surface area contributed by atoms with Crippen LogP contribution in [0.1, 0.15) is 32.6 Å². The van der Waals surface area contributed by atoms with Gasteiger partial charge in [-0.15, -0.1) is 11.6 Å². The highest BCUT2D eigenvalue weighted by Crippen LogP contribution is 2.15. The lowest BCUT2D eigenvalue weighted by molar-refractivity contribution is 0.159. The number of rotatable bonds is 6. The van der Waals surface area contributed by atoms with Gasteiger partial charge in [-0.2, -0.15) is 0 Å². The number of hydrogen-bond acceptors (Lipinski definition) is 2. The van der Waals surface area contributed by atoms with Crippen LogP contribution in [0.2, 0.25) is 0 Å². The van der Waals surface area contributed by atoms with Crippen LogP contribution in [0, 0.1) is 0 Å². The quantitative estimate of drug-likeness (QED) is 0.543. The number of hydrogen-bond donors (Lipinski definition) is 1. The zero-order chi connectivity index (χ0) is 10.2. The van der Waals surface area contributed by atoms with Crippen LogP contribution in [0.3, 0.4) is 0 Å². The van der Waals surface area contributed by atoms with Crippen molar-refractivity contribution in [3.05, 3.63) is 0 Å². The molecule has 0 aliphatic carbocycles. The summed E-state index contributed by atoms with van der Waals surface area (Å²) in [7, 11) is 0. The Morgan fingerprint density at radius 3 is 2.93 bits per heavy atom. The summed E-state index contributed by atoms with van der Waals surface area (Å²) in [5, 5.41) is 3.33. The first-order valence-electron chi connectivity index (χ1n) is 5.85.